The Hall–Kier alpha value is -0.119. The Kier molecular flexibility index (Phi) is 15.4. The summed E-state index contributed by atoms with van der Waals surface area (Å²) in [6.45, 7) is 20.3. The standard InChI is InChI=1S/C13H22OSi.C9H13.CH2.2ClH.Ti/c1-10-7-11(14)9-12(8-10)15(5,6)13(2,3)4;1-9(2,3)8-6-4-5-7-8;;;;/h7-9,14H,1-6H3;4,6H,5H2,1-3H3;1H2;2*1H;/q;-1;;;;+1. The molecule has 1 aromatic rings. The number of allylic oxidation sites excluding steroid dienone is 4. The van der Waals surface area contributed by atoms with Crippen LogP contribution in [-0.2, 0) is 20.0 Å². The number of phenolic OH excluding ortho intramolecular Hbond substituents is 1. The number of hydrogen-bond acceptors (Lipinski definition) is 1. The maximum atomic E-state index is 9.65. The van der Waals surface area contributed by atoms with E-state index in [1.165, 1.54) is 10.8 Å². The summed E-state index contributed by atoms with van der Waals surface area (Å²) < 4.78 is 0. The number of halogens is 2. The number of rotatable bonds is 1. The fourth-order valence-electron chi connectivity index (χ4n) is 2.48. The molecule has 0 heterocycles. The molecular weight excluding hydrogens is 439 g/mol. The van der Waals surface area contributed by atoms with Gasteiger partial charge < -0.3 is 5.11 Å². The van der Waals surface area contributed by atoms with Crippen LogP contribution in [0.25, 0.3) is 0 Å². The Bertz CT molecular complexity index is 633. The predicted molar refractivity (Wildman–Crippen MR) is 131 cm³/mol. The Morgan fingerprint density at radius 1 is 1.00 bits per heavy atom. The van der Waals surface area contributed by atoms with Crippen LogP contribution >= 0.6 is 24.8 Å². The van der Waals surface area contributed by atoms with E-state index in [-0.39, 0.29) is 24.8 Å². The first kappa shape index (κ1) is 32.5. The molecule has 0 unspecified atom stereocenters. The van der Waals surface area contributed by atoms with Crippen molar-refractivity contribution < 1.29 is 25.1 Å². The van der Waals surface area contributed by atoms with Crippen molar-refractivity contribution in [2.75, 3.05) is 0 Å². The van der Waals surface area contributed by atoms with Gasteiger partial charge in [-0.3, -0.25) is 6.08 Å². The third kappa shape index (κ3) is 10.1. The van der Waals surface area contributed by atoms with Crippen LogP contribution in [-0.4, -0.2) is 18.0 Å². The van der Waals surface area contributed by atoms with Gasteiger partial charge in [-0.1, -0.05) is 65.9 Å². The minimum absolute atomic E-state index is 0. The molecule has 5 heteroatoms. The van der Waals surface area contributed by atoms with Crippen molar-refractivity contribution in [1.29, 1.82) is 0 Å². The quantitative estimate of drug-likeness (QED) is 0.342. The summed E-state index contributed by atoms with van der Waals surface area (Å²) in [5, 5.41) is 11.3. The third-order valence-electron chi connectivity index (χ3n) is 5.16. The van der Waals surface area contributed by atoms with Crippen LogP contribution < -0.4 is 5.19 Å². The summed E-state index contributed by atoms with van der Waals surface area (Å²) in [5.74, 6) is 0.398. The Balaban J connectivity index is -0.000000416. The van der Waals surface area contributed by atoms with Crippen molar-refractivity contribution in [1.82, 2.24) is 0 Å². The van der Waals surface area contributed by atoms with Crippen LogP contribution in [0.5, 0.6) is 5.75 Å². The number of phenols is 1. The van der Waals surface area contributed by atoms with Gasteiger partial charge in [0.05, 0.1) is 8.07 Å². The van der Waals surface area contributed by atoms with Gasteiger partial charge in [-0.15, -0.1) is 31.2 Å². The van der Waals surface area contributed by atoms with Crippen molar-refractivity contribution in [2.45, 2.75) is 73.0 Å². The number of aryl methyl sites for hydroxylation is 1. The number of aromatic hydroxyl groups is 1. The van der Waals surface area contributed by atoms with Crippen LogP contribution in [0.15, 0.2) is 35.9 Å². The van der Waals surface area contributed by atoms with E-state index in [9.17, 15) is 5.11 Å². The molecular formula is C23H39Cl2OSiTi. The zero-order chi connectivity index (χ0) is 20.8. The summed E-state index contributed by atoms with van der Waals surface area (Å²) >= 11 is 1.75. The predicted octanol–water partition coefficient (Wildman–Crippen LogP) is 6.95. The molecule has 0 fully saturated rings. The molecule has 28 heavy (non-hydrogen) atoms. The monoisotopic (exact) mass is 477 g/mol. The zero-order valence-corrected chi connectivity index (χ0v) is 23.3. The first-order valence-electron chi connectivity index (χ1n) is 9.19. The van der Waals surface area contributed by atoms with Crippen molar-refractivity contribution >= 4 is 42.9 Å². The summed E-state index contributed by atoms with van der Waals surface area (Å²) in [6.07, 6.45) is 8.63. The van der Waals surface area contributed by atoms with Gasteiger partial charge in [0, 0.05) is 0 Å². The molecule has 0 bridgehead atoms. The van der Waals surface area contributed by atoms with E-state index in [1.54, 1.807) is 20.0 Å². The van der Waals surface area contributed by atoms with Crippen molar-refractivity contribution in [3.8, 4) is 5.75 Å². The summed E-state index contributed by atoms with van der Waals surface area (Å²) in [5.41, 5.74) is 2.80. The summed E-state index contributed by atoms with van der Waals surface area (Å²) in [6, 6.07) is 5.97. The van der Waals surface area contributed by atoms with E-state index in [4.69, 9.17) is 0 Å². The molecule has 0 aromatic heterocycles. The second-order valence-corrected chi connectivity index (χ2v) is 14.7. The molecule has 159 valence electrons. The van der Waals surface area contributed by atoms with E-state index in [0.29, 0.717) is 16.2 Å². The molecule has 0 spiro atoms. The van der Waals surface area contributed by atoms with Crippen LogP contribution in [0.3, 0.4) is 0 Å². The molecule has 0 saturated carbocycles. The zero-order valence-electron chi connectivity index (χ0n) is 19.1. The van der Waals surface area contributed by atoms with Gasteiger partial charge in [0.1, 0.15) is 5.75 Å². The van der Waals surface area contributed by atoms with Gasteiger partial charge in [0.25, 0.3) is 0 Å². The molecule has 0 aliphatic heterocycles. The van der Waals surface area contributed by atoms with E-state index >= 15 is 0 Å². The number of benzene rings is 1. The van der Waals surface area contributed by atoms with E-state index in [0.717, 1.165) is 12.0 Å². The Labute approximate surface area is 198 Å². The van der Waals surface area contributed by atoms with Gasteiger partial charge in [-0.2, -0.15) is 6.08 Å². The Morgan fingerprint density at radius 2 is 1.50 bits per heavy atom. The third-order valence-corrected chi connectivity index (χ3v) is 10.6. The van der Waals surface area contributed by atoms with Gasteiger partial charge in [0.2, 0.25) is 0 Å². The molecule has 1 aromatic carbocycles. The fourth-order valence-corrected chi connectivity index (χ4v) is 4.44. The van der Waals surface area contributed by atoms with Crippen LogP contribution in [0, 0.1) is 18.4 Å². The number of hydrogen-bond donors (Lipinski definition) is 1. The van der Waals surface area contributed by atoms with Crippen LogP contribution in [0.1, 0.15) is 53.5 Å². The van der Waals surface area contributed by atoms with Crippen LogP contribution in [0.2, 0.25) is 18.1 Å². The second-order valence-electron chi connectivity index (χ2n) is 9.38. The molecule has 1 N–H and O–H groups in total. The van der Waals surface area contributed by atoms with E-state index < -0.39 is 8.07 Å². The molecule has 1 aliphatic rings. The van der Waals surface area contributed by atoms with Gasteiger partial charge in [-0.05, 0) is 35.1 Å². The summed E-state index contributed by atoms with van der Waals surface area (Å²) in [4.78, 5) is 3.25. The average molecular weight is 478 g/mol. The SMILES string of the molecule is CC(C)(C)C1=[C-]CC=C1.Cc1cc(O)cc([Si](C)(C)C(C)(C)C)c1.Cl.Cl.[CH2]=[Ti+]. The first-order valence-corrected chi connectivity index (χ1v) is 13.3. The van der Waals surface area contributed by atoms with Crippen molar-refractivity contribution in [3.05, 3.63) is 47.6 Å². The minimum atomic E-state index is -1.50. The topological polar surface area (TPSA) is 20.2 Å². The van der Waals surface area contributed by atoms with Gasteiger partial charge in [-0.25, -0.2) is 11.6 Å². The Morgan fingerprint density at radius 3 is 1.79 bits per heavy atom. The molecule has 0 amide bonds. The molecule has 2 rings (SSSR count). The molecule has 0 radical (unpaired) electrons. The average Bonchev–Trinajstić information content (AvgIpc) is 3.02. The fraction of sp³-hybridized carbons (Fsp3) is 0.522. The molecule has 0 atom stereocenters. The van der Waals surface area contributed by atoms with Crippen molar-refractivity contribution in [3.63, 3.8) is 0 Å². The molecule has 0 saturated heterocycles. The molecule has 1 aliphatic carbocycles. The maximum absolute atomic E-state index is 9.65. The normalized spacial score (nSPS) is 13.0. The van der Waals surface area contributed by atoms with Crippen molar-refractivity contribution in [2.24, 2.45) is 5.41 Å². The first-order chi connectivity index (χ1) is 11.7. The van der Waals surface area contributed by atoms with Gasteiger partial charge in [0.15, 0.2) is 0 Å². The second kappa shape index (κ2) is 13.2. The van der Waals surface area contributed by atoms with Gasteiger partial charge >= 0.3 is 24.8 Å². The summed E-state index contributed by atoms with van der Waals surface area (Å²) in [7, 11) is -1.50. The van der Waals surface area contributed by atoms with E-state index in [2.05, 4.69) is 83.7 Å². The van der Waals surface area contributed by atoms with Crippen LogP contribution in [0.4, 0.5) is 0 Å². The molecule has 1 nitrogen and oxygen atoms in total. The van der Waals surface area contributed by atoms with E-state index in [1.807, 2.05) is 19.1 Å².